The Hall–Kier alpha value is -3.41. The molecule has 0 radical (unpaired) electrons. The van der Waals surface area contributed by atoms with Crippen LogP contribution in [-0.2, 0) is 9.59 Å². The molecule has 0 unspecified atom stereocenters. The van der Waals surface area contributed by atoms with E-state index < -0.39 is 5.92 Å². The van der Waals surface area contributed by atoms with Crippen molar-refractivity contribution in [1.29, 1.82) is 0 Å². The van der Waals surface area contributed by atoms with Crippen molar-refractivity contribution in [2.75, 3.05) is 23.3 Å². The minimum Gasteiger partial charge on any atom is -0.372 e. The molecule has 2 N–H and O–H groups in total. The molecule has 2 aromatic rings. The largest absolute Gasteiger partial charge is 0.372 e. The fraction of sp³-hybridized carbons (Fsp3) is 0.393. The molecule has 1 aromatic carbocycles. The monoisotopic (exact) mass is 458 g/mol. The van der Waals surface area contributed by atoms with Gasteiger partial charge in [-0.2, -0.15) is 0 Å². The Morgan fingerprint density at radius 3 is 2.44 bits per heavy atom. The Morgan fingerprint density at radius 2 is 1.82 bits per heavy atom. The average Bonchev–Trinajstić information content (AvgIpc) is 2.79. The second-order valence-corrected chi connectivity index (χ2v) is 9.86. The molecule has 1 aromatic heterocycles. The number of carbonyl (C=O) groups is 2. The van der Waals surface area contributed by atoms with Crippen LogP contribution >= 0.6 is 0 Å². The van der Waals surface area contributed by atoms with E-state index in [9.17, 15) is 9.59 Å². The van der Waals surface area contributed by atoms with E-state index in [0.717, 1.165) is 42.2 Å². The van der Waals surface area contributed by atoms with Gasteiger partial charge < -0.3 is 15.5 Å². The fourth-order valence-corrected chi connectivity index (χ4v) is 5.16. The number of nitrogens with zero attached hydrogens (tertiary/aromatic N) is 2. The number of benzene rings is 1. The van der Waals surface area contributed by atoms with Crippen molar-refractivity contribution in [2.24, 2.45) is 5.41 Å². The molecule has 1 aliphatic heterocycles. The van der Waals surface area contributed by atoms with Gasteiger partial charge in [0.15, 0.2) is 5.78 Å². The summed E-state index contributed by atoms with van der Waals surface area (Å²) in [5.74, 6) is -0.0773. The van der Waals surface area contributed by atoms with Gasteiger partial charge in [-0.05, 0) is 62.4 Å². The molecule has 6 heteroatoms. The number of rotatable bonds is 6. The van der Waals surface area contributed by atoms with Crippen molar-refractivity contribution in [3.8, 4) is 0 Å². The molecule has 6 nitrogen and oxygen atoms in total. The zero-order valence-corrected chi connectivity index (χ0v) is 20.7. The molecular formula is C28H34N4O2. The maximum atomic E-state index is 13.5. The Balaban J connectivity index is 1.79. The predicted octanol–water partition coefficient (Wildman–Crippen LogP) is 5.17. The number of dihydropyridines is 1. The van der Waals surface area contributed by atoms with Gasteiger partial charge in [0.2, 0.25) is 0 Å². The Kier molecular flexibility index (Phi) is 6.60. The lowest BCUT2D eigenvalue weighted by atomic mass is 9.68. The molecule has 2 aliphatic rings. The van der Waals surface area contributed by atoms with E-state index in [0.29, 0.717) is 23.4 Å². The normalized spacial score (nSPS) is 19.4. The quantitative estimate of drug-likeness (QED) is 0.625. The van der Waals surface area contributed by atoms with Crippen molar-refractivity contribution in [3.63, 3.8) is 0 Å². The first-order chi connectivity index (χ1) is 16.2. The number of pyridine rings is 1. The number of anilines is 2. The number of ketones is 1. The number of allylic oxidation sites excluding steroid dienone is 3. The summed E-state index contributed by atoms with van der Waals surface area (Å²) >= 11 is 0. The maximum absolute atomic E-state index is 13.5. The number of aromatic nitrogens is 1. The van der Waals surface area contributed by atoms with E-state index in [1.54, 1.807) is 12.3 Å². The van der Waals surface area contributed by atoms with Gasteiger partial charge in [0.05, 0.1) is 0 Å². The highest BCUT2D eigenvalue weighted by Crippen LogP contribution is 2.46. The van der Waals surface area contributed by atoms with Crippen LogP contribution in [0.25, 0.3) is 0 Å². The predicted molar refractivity (Wildman–Crippen MR) is 136 cm³/mol. The first kappa shape index (κ1) is 23.7. The minimum absolute atomic E-state index is 0.104. The highest BCUT2D eigenvalue weighted by molar-refractivity contribution is 6.09. The zero-order chi connectivity index (χ0) is 24.5. The van der Waals surface area contributed by atoms with Crippen LogP contribution in [-0.4, -0.2) is 29.8 Å². The number of hydrogen-bond acceptors (Lipinski definition) is 5. The van der Waals surface area contributed by atoms with E-state index >= 15 is 0 Å². The van der Waals surface area contributed by atoms with Crippen LogP contribution in [0.3, 0.4) is 0 Å². The van der Waals surface area contributed by atoms with Crippen LogP contribution in [0.4, 0.5) is 11.5 Å². The molecule has 1 atom stereocenters. The first-order valence-corrected chi connectivity index (χ1v) is 12.1. The third-order valence-corrected chi connectivity index (χ3v) is 6.75. The number of Topliss-reactive ketones (excluding diaryl/α,β-unsaturated/α-hetero) is 1. The van der Waals surface area contributed by atoms with Crippen molar-refractivity contribution >= 4 is 23.2 Å². The van der Waals surface area contributed by atoms with Gasteiger partial charge in [0.1, 0.15) is 5.82 Å². The van der Waals surface area contributed by atoms with E-state index in [2.05, 4.69) is 72.5 Å². The van der Waals surface area contributed by atoms with Crippen molar-refractivity contribution in [2.45, 2.75) is 53.4 Å². The summed E-state index contributed by atoms with van der Waals surface area (Å²) in [6.07, 6.45) is 2.89. The Bertz CT molecular complexity index is 1140. The van der Waals surface area contributed by atoms with Crippen molar-refractivity contribution in [3.05, 3.63) is 76.8 Å². The topological polar surface area (TPSA) is 74.3 Å². The highest BCUT2D eigenvalue weighted by atomic mass is 16.2. The number of hydrogen-bond donors (Lipinski definition) is 2. The smallest absolute Gasteiger partial charge is 0.255 e. The summed E-state index contributed by atoms with van der Waals surface area (Å²) in [6.45, 7) is 12.3. The van der Waals surface area contributed by atoms with Crippen molar-refractivity contribution in [1.82, 2.24) is 10.3 Å². The molecule has 0 saturated heterocycles. The van der Waals surface area contributed by atoms with Gasteiger partial charge in [0, 0.05) is 59.9 Å². The Labute approximate surface area is 202 Å². The summed E-state index contributed by atoms with van der Waals surface area (Å²) in [5, 5.41) is 6.34. The summed E-state index contributed by atoms with van der Waals surface area (Å²) in [7, 11) is 0. The number of nitrogens with one attached hydrogen (secondary N) is 2. The minimum atomic E-state index is -0.422. The molecule has 1 amide bonds. The number of amides is 1. The van der Waals surface area contributed by atoms with Crippen LogP contribution in [0.15, 0.2) is 71.2 Å². The van der Waals surface area contributed by atoms with Crippen LogP contribution < -0.4 is 15.5 Å². The molecule has 0 fully saturated rings. The van der Waals surface area contributed by atoms with Gasteiger partial charge >= 0.3 is 0 Å². The fourth-order valence-electron chi connectivity index (χ4n) is 5.16. The van der Waals surface area contributed by atoms with E-state index in [1.165, 1.54) is 0 Å². The average molecular weight is 459 g/mol. The lowest BCUT2D eigenvalue weighted by molar-refractivity contribution is -0.118. The van der Waals surface area contributed by atoms with E-state index in [4.69, 9.17) is 0 Å². The van der Waals surface area contributed by atoms with Gasteiger partial charge in [-0.3, -0.25) is 9.59 Å². The first-order valence-electron chi connectivity index (χ1n) is 12.1. The maximum Gasteiger partial charge on any atom is 0.255 e. The van der Waals surface area contributed by atoms with Gasteiger partial charge in [-0.15, -0.1) is 0 Å². The van der Waals surface area contributed by atoms with Gasteiger partial charge in [0.25, 0.3) is 5.91 Å². The molecule has 4 rings (SSSR count). The lowest BCUT2D eigenvalue weighted by Gasteiger charge is -2.39. The van der Waals surface area contributed by atoms with Crippen molar-refractivity contribution < 1.29 is 9.59 Å². The molecule has 0 spiro atoms. The Morgan fingerprint density at radius 1 is 1.12 bits per heavy atom. The molecule has 0 bridgehead atoms. The molecular weight excluding hydrogens is 424 g/mol. The van der Waals surface area contributed by atoms with Gasteiger partial charge in [-0.1, -0.05) is 32.0 Å². The number of carbonyl (C=O) groups excluding carboxylic acids is 2. The second-order valence-electron chi connectivity index (χ2n) is 9.86. The zero-order valence-electron chi connectivity index (χ0n) is 20.7. The standard InChI is InChI=1S/C28H34N4O2/c1-6-32(7-2)20-13-11-19(12-14-20)25-24(27(34)31-23-10-8-9-15-29-23)18(3)30-21-16-28(4,5)17-22(33)26(21)25/h8-15,25,30H,6-7,16-17H2,1-5H3,(H,29,31,34)/t25-/m0/s1. The van der Waals surface area contributed by atoms with Crippen LogP contribution in [0, 0.1) is 5.41 Å². The molecule has 2 heterocycles. The molecule has 34 heavy (non-hydrogen) atoms. The van der Waals surface area contributed by atoms with Gasteiger partial charge in [-0.25, -0.2) is 4.98 Å². The second kappa shape index (κ2) is 9.45. The van der Waals surface area contributed by atoms with Crippen LogP contribution in [0.1, 0.15) is 58.9 Å². The molecule has 178 valence electrons. The summed E-state index contributed by atoms with van der Waals surface area (Å²) in [6, 6.07) is 13.7. The summed E-state index contributed by atoms with van der Waals surface area (Å²) < 4.78 is 0. The third kappa shape index (κ3) is 4.63. The van der Waals surface area contributed by atoms with Crippen LogP contribution in [0.2, 0.25) is 0 Å². The van der Waals surface area contributed by atoms with E-state index in [1.807, 2.05) is 19.1 Å². The molecule has 1 aliphatic carbocycles. The summed E-state index contributed by atoms with van der Waals surface area (Å²) in [4.78, 5) is 33.5. The third-order valence-electron chi connectivity index (χ3n) is 6.75. The SMILES string of the molecule is CCN(CC)c1ccc([C@H]2C(C(=O)Nc3ccccn3)=C(C)NC3=C2C(=O)CC(C)(C)C3)cc1. The van der Waals surface area contributed by atoms with E-state index in [-0.39, 0.29) is 17.1 Å². The van der Waals surface area contributed by atoms with Crippen LogP contribution in [0.5, 0.6) is 0 Å². The summed E-state index contributed by atoms with van der Waals surface area (Å²) in [5.41, 5.74) is 4.95. The molecule has 0 saturated carbocycles. The highest BCUT2D eigenvalue weighted by Gasteiger charge is 2.42. The lowest BCUT2D eigenvalue weighted by Crippen LogP contribution is -2.39.